The number of morpholine rings is 1. The van der Waals surface area contributed by atoms with Crippen molar-refractivity contribution in [2.24, 2.45) is 0 Å². The summed E-state index contributed by atoms with van der Waals surface area (Å²) in [6.07, 6.45) is 0.827. The Balaban J connectivity index is 2.18. The van der Waals surface area contributed by atoms with Crippen molar-refractivity contribution in [2.45, 2.75) is 12.5 Å². The number of rotatable bonds is 5. The molecule has 1 fully saturated rings. The summed E-state index contributed by atoms with van der Waals surface area (Å²) in [5.41, 5.74) is 0. The third-order valence-electron chi connectivity index (χ3n) is 2.47. The summed E-state index contributed by atoms with van der Waals surface area (Å²) < 4.78 is 5.26. The minimum Gasteiger partial charge on any atom is -0.396 e. The van der Waals surface area contributed by atoms with Crippen molar-refractivity contribution in [1.29, 1.82) is 0 Å². The Morgan fingerprint density at radius 3 is 2.69 bits per heavy atom. The van der Waals surface area contributed by atoms with Gasteiger partial charge in [0, 0.05) is 32.3 Å². The number of aliphatic hydroxyl groups is 1. The number of nitrogens with one attached hydrogen (secondary N) is 1. The molecule has 0 aliphatic carbocycles. The Morgan fingerprint density at radius 1 is 1.46 bits per heavy atom. The van der Waals surface area contributed by atoms with Gasteiger partial charge in [0.15, 0.2) is 0 Å². The summed E-state index contributed by atoms with van der Waals surface area (Å²) in [5, 5.41) is 12.0. The quantitative estimate of drug-likeness (QED) is 0.598. The van der Waals surface area contributed by atoms with Crippen molar-refractivity contribution in [2.75, 3.05) is 46.5 Å². The number of hydrogen-bond donors (Lipinski definition) is 2. The van der Waals surface area contributed by atoms with Crippen LogP contribution in [0.1, 0.15) is 6.42 Å². The Hall–Kier alpha value is -0.160. The van der Waals surface area contributed by atoms with Gasteiger partial charge in [0.25, 0.3) is 0 Å². The predicted octanol–water partition coefficient (Wildman–Crippen LogP) is -0.711. The molecule has 4 nitrogen and oxygen atoms in total. The van der Waals surface area contributed by atoms with Crippen molar-refractivity contribution >= 4 is 0 Å². The van der Waals surface area contributed by atoms with E-state index in [1.165, 1.54) is 0 Å². The second-order valence-electron chi connectivity index (χ2n) is 3.41. The zero-order valence-electron chi connectivity index (χ0n) is 8.33. The Bertz CT molecular complexity index is 124. The number of aliphatic hydroxyl groups excluding tert-OH is 1. The molecular formula is C9H20N2O2. The van der Waals surface area contributed by atoms with Crippen LogP contribution in [0.25, 0.3) is 0 Å². The molecule has 0 spiro atoms. The van der Waals surface area contributed by atoms with E-state index < -0.39 is 0 Å². The highest BCUT2D eigenvalue weighted by atomic mass is 16.5. The van der Waals surface area contributed by atoms with Gasteiger partial charge in [-0.25, -0.2) is 0 Å². The van der Waals surface area contributed by atoms with Crippen LogP contribution < -0.4 is 5.32 Å². The molecule has 1 aliphatic rings. The maximum absolute atomic E-state index is 8.81. The average Bonchev–Trinajstić information content (AvgIpc) is 2.19. The SMILES string of the molecule is CNC(CCO)CN1CCOCC1. The molecule has 0 aromatic carbocycles. The van der Waals surface area contributed by atoms with E-state index in [1.807, 2.05) is 7.05 Å². The summed E-state index contributed by atoms with van der Waals surface area (Å²) in [4.78, 5) is 2.38. The lowest BCUT2D eigenvalue weighted by Gasteiger charge is -2.30. The van der Waals surface area contributed by atoms with E-state index >= 15 is 0 Å². The summed E-state index contributed by atoms with van der Waals surface area (Å²) in [5.74, 6) is 0. The molecule has 1 unspecified atom stereocenters. The maximum Gasteiger partial charge on any atom is 0.0594 e. The van der Waals surface area contributed by atoms with Crippen LogP contribution in [0.15, 0.2) is 0 Å². The Morgan fingerprint density at radius 2 is 2.15 bits per heavy atom. The molecule has 1 rings (SSSR count). The highest BCUT2D eigenvalue weighted by molar-refractivity contribution is 4.71. The predicted molar refractivity (Wildman–Crippen MR) is 51.8 cm³/mol. The second-order valence-corrected chi connectivity index (χ2v) is 3.41. The van der Waals surface area contributed by atoms with Gasteiger partial charge in [-0.3, -0.25) is 4.90 Å². The first-order valence-corrected chi connectivity index (χ1v) is 4.95. The van der Waals surface area contributed by atoms with Crippen LogP contribution in [0.2, 0.25) is 0 Å². The molecule has 78 valence electrons. The van der Waals surface area contributed by atoms with Gasteiger partial charge in [0.1, 0.15) is 0 Å². The second kappa shape index (κ2) is 6.32. The molecule has 0 radical (unpaired) electrons. The Labute approximate surface area is 79.9 Å². The van der Waals surface area contributed by atoms with Crippen molar-refractivity contribution in [3.05, 3.63) is 0 Å². The van der Waals surface area contributed by atoms with Gasteiger partial charge in [-0.1, -0.05) is 0 Å². The van der Waals surface area contributed by atoms with Crippen molar-refractivity contribution in [1.82, 2.24) is 10.2 Å². The minimum atomic E-state index is 0.260. The van der Waals surface area contributed by atoms with Gasteiger partial charge < -0.3 is 15.2 Å². The Kier molecular flexibility index (Phi) is 5.31. The molecule has 4 heteroatoms. The highest BCUT2D eigenvalue weighted by Gasteiger charge is 2.14. The van der Waals surface area contributed by atoms with Crippen LogP contribution in [0.4, 0.5) is 0 Å². The summed E-state index contributed by atoms with van der Waals surface area (Å²) in [6, 6.07) is 0.406. The molecule has 1 aliphatic heterocycles. The molecule has 1 saturated heterocycles. The van der Waals surface area contributed by atoms with Gasteiger partial charge >= 0.3 is 0 Å². The molecule has 0 bridgehead atoms. The van der Waals surface area contributed by atoms with Gasteiger partial charge in [-0.2, -0.15) is 0 Å². The first-order valence-electron chi connectivity index (χ1n) is 4.95. The van der Waals surface area contributed by atoms with Crippen LogP contribution in [-0.4, -0.2) is 62.6 Å². The molecule has 1 heterocycles. The molecule has 0 aromatic heterocycles. The van der Waals surface area contributed by atoms with E-state index in [4.69, 9.17) is 9.84 Å². The monoisotopic (exact) mass is 188 g/mol. The highest BCUT2D eigenvalue weighted by Crippen LogP contribution is 2.00. The van der Waals surface area contributed by atoms with Gasteiger partial charge in [0.05, 0.1) is 13.2 Å². The standard InChI is InChI=1S/C9H20N2O2/c1-10-9(2-5-12)8-11-3-6-13-7-4-11/h9-10,12H,2-8H2,1H3. The lowest BCUT2D eigenvalue weighted by Crippen LogP contribution is -2.45. The number of ether oxygens (including phenoxy) is 1. The first-order chi connectivity index (χ1) is 6.36. The minimum absolute atomic E-state index is 0.260. The third-order valence-corrected chi connectivity index (χ3v) is 2.47. The summed E-state index contributed by atoms with van der Waals surface area (Å²) >= 11 is 0. The summed E-state index contributed by atoms with van der Waals surface area (Å²) in [7, 11) is 1.95. The van der Waals surface area contributed by atoms with Gasteiger partial charge in [0.2, 0.25) is 0 Å². The van der Waals surface area contributed by atoms with Crippen molar-refractivity contribution < 1.29 is 9.84 Å². The van der Waals surface area contributed by atoms with E-state index in [1.54, 1.807) is 0 Å². The van der Waals surface area contributed by atoms with E-state index in [0.29, 0.717) is 6.04 Å². The number of likely N-dealkylation sites (N-methyl/N-ethyl adjacent to an activating group) is 1. The molecule has 1 atom stereocenters. The van der Waals surface area contributed by atoms with Crippen LogP contribution >= 0.6 is 0 Å². The van der Waals surface area contributed by atoms with E-state index in [2.05, 4.69) is 10.2 Å². The zero-order chi connectivity index (χ0) is 9.52. The van der Waals surface area contributed by atoms with Gasteiger partial charge in [-0.05, 0) is 13.5 Å². The lowest BCUT2D eigenvalue weighted by molar-refractivity contribution is 0.0326. The molecule has 0 amide bonds. The third kappa shape index (κ3) is 4.04. The smallest absolute Gasteiger partial charge is 0.0594 e. The normalized spacial score (nSPS) is 21.7. The van der Waals surface area contributed by atoms with Crippen LogP contribution in [0, 0.1) is 0 Å². The fourth-order valence-electron chi connectivity index (χ4n) is 1.58. The fourth-order valence-corrected chi connectivity index (χ4v) is 1.58. The maximum atomic E-state index is 8.81. The van der Waals surface area contributed by atoms with Crippen LogP contribution in [0.3, 0.4) is 0 Å². The van der Waals surface area contributed by atoms with Crippen molar-refractivity contribution in [3.8, 4) is 0 Å². The average molecular weight is 188 g/mol. The van der Waals surface area contributed by atoms with Gasteiger partial charge in [-0.15, -0.1) is 0 Å². The lowest BCUT2D eigenvalue weighted by atomic mass is 10.2. The summed E-state index contributed by atoms with van der Waals surface area (Å²) in [6.45, 7) is 4.99. The molecular weight excluding hydrogens is 168 g/mol. The number of hydrogen-bond acceptors (Lipinski definition) is 4. The topological polar surface area (TPSA) is 44.7 Å². The van der Waals surface area contributed by atoms with Crippen LogP contribution in [0.5, 0.6) is 0 Å². The first kappa shape index (κ1) is 10.9. The molecule has 0 saturated carbocycles. The molecule has 2 N–H and O–H groups in total. The molecule has 13 heavy (non-hydrogen) atoms. The zero-order valence-corrected chi connectivity index (χ0v) is 8.33. The van der Waals surface area contributed by atoms with E-state index in [-0.39, 0.29) is 6.61 Å². The fraction of sp³-hybridized carbons (Fsp3) is 1.00. The van der Waals surface area contributed by atoms with Crippen LogP contribution in [-0.2, 0) is 4.74 Å². The van der Waals surface area contributed by atoms with Crippen molar-refractivity contribution in [3.63, 3.8) is 0 Å². The van der Waals surface area contributed by atoms with E-state index in [0.717, 1.165) is 39.3 Å². The number of nitrogens with zero attached hydrogens (tertiary/aromatic N) is 1. The largest absolute Gasteiger partial charge is 0.396 e. The van der Waals surface area contributed by atoms with E-state index in [9.17, 15) is 0 Å². The molecule has 0 aromatic rings.